The van der Waals surface area contributed by atoms with Gasteiger partial charge >= 0.3 is 0 Å². The van der Waals surface area contributed by atoms with E-state index in [1.54, 1.807) is 36.4 Å². The number of benzene rings is 2. The SMILES string of the molecule is O=C[C@@](Oc1ccccc1)(c1ccccc1)[C@](O)(Cl)[C@@](O)(Cl)[C@@](O)(Cl)CCl. The molecule has 0 aliphatic rings. The number of rotatable bonds is 8. The van der Waals surface area contributed by atoms with Gasteiger partial charge < -0.3 is 20.1 Å². The molecule has 0 bridgehead atoms. The first-order valence-corrected chi connectivity index (χ1v) is 9.28. The van der Waals surface area contributed by atoms with Crippen LogP contribution in [-0.2, 0) is 10.4 Å². The molecule has 2 rings (SSSR count). The van der Waals surface area contributed by atoms with Gasteiger partial charge in [0.2, 0.25) is 15.7 Å². The third-order valence-electron chi connectivity index (χ3n) is 4.01. The summed E-state index contributed by atoms with van der Waals surface area (Å²) in [5.74, 6) is -0.692. The molecule has 0 spiro atoms. The summed E-state index contributed by atoms with van der Waals surface area (Å²) >= 11 is 23.5. The second-order valence-electron chi connectivity index (χ2n) is 5.77. The lowest BCUT2D eigenvalue weighted by Crippen LogP contribution is -2.70. The van der Waals surface area contributed by atoms with Crippen LogP contribution in [0.1, 0.15) is 5.56 Å². The van der Waals surface area contributed by atoms with Gasteiger partial charge in [-0.25, -0.2) is 0 Å². The number of carbonyl (C=O) groups excluding carboxylic acids is 1. The molecule has 0 saturated heterocycles. The Kier molecular flexibility index (Phi) is 6.70. The summed E-state index contributed by atoms with van der Waals surface area (Å²) in [7, 11) is 0. The average Bonchev–Trinajstić information content (AvgIpc) is 2.67. The largest absolute Gasteiger partial charge is 0.470 e. The van der Waals surface area contributed by atoms with Crippen LogP contribution in [-0.4, -0.2) is 42.7 Å². The standard InChI is InChI=1S/C18H16Cl4O5/c19-11-16(20,24)18(22,26)17(21,25)15(12-23,13-7-3-1-4-8-13)27-14-9-5-2-6-10-14/h1-10,12,24-26H,11H2/t15-,16-,17-,18-/m1/s1. The van der Waals surface area contributed by atoms with Crippen molar-refractivity contribution < 1.29 is 24.9 Å². The molecule has 0 saturated carbocycles. The number of aliphatic hydroxyl groups is 3. The first-order chi connectivity index (χ1) is 12.6. The molecule has 5 nitrogen and oxygen atoms in total. The predicted molar refractivity (Wildman–Crippen MR) is 104 cm³/mol. The molecule has 27 heavy (non-hydrogen) atoms. The predicted octanol–water partition coefficient (Wildman–Crippen LogP) is 3.18. The summed E-state index contributed by atoms with van der Waals surface area (Å²) in [5.41, 5.74) is -2.43. The van der Waals surface area contributed by atoms with E-state index < -0.39 is 26.7 Å². The Morgan fingerprint density at radius 1 is 0.852 bits per heavy atom. The van der Waals surface area contributed by atoms with Crippen LogP contribution in [0.3, 0.4) is 0 Å². The van der Waals surface area contributed by atoms with Crippen molar-refractivity contribution in [1.29, 1.82) is 0 Å². The van der Waals surface area contributed by atoms with Crippen molar-refractivity contribution in [3.05, 3.63) is 66.2 Å². The number of alkyl halides is 4. The zero-order valence-corrected chi connectivity index (χ0v) is 16.8. The van der Waals surface area contributed by atoms with Crippen molar-refractivity contribution in [2.75, 3.05) is 5.88 Å². The second kappa shape index (κ2) is 8.13. The van der Waals surface area contributed by atoms with Crippen molar-refractivity contribution >= 4 is 52.7 Å². The fraction of sp³-hybridized carbons (Fsp3) is 0.278. The minimum Gasteiger partial charge on any atom is -0.470 e. The number of halogens is 4. The number of aldehydes is 1. The second-order valence-corrected chi connectivity index (χ2v) is 7.76. The minimum absolute atomic E-state index is 0.0440. The summed E-state index contributed by atoms with van der Waals surface area (Å²) in [4.78, 5) is 12.2. The Bertz CT molecular complexity index is 768. The van der Waals surface area contributed by atoms with Gasteiger partial charge in [0.1, 0.15) is 5.75 Å². The van der Waals surface area contributed by atoms with Crippen LogP contribution in [0.5, 0.6) is 5.75 Å². The van der Waals surface area contributed by atoms with E-state index in [4.69, 9.17) is 51.1 Å². The van der Waals surface area contributed by atoms with Crippen LogP contribution >= 0.6 is 46.4 Å². The molecule has 9 heteroatoms. The molecule has 2 aromatic carbocycles. The maximum atomic E-state index is 12.2. The first kappa shape index (κ1) is 22.2. The van der Waals surface area contributed by atoms with Gasteiger partial charge in [-0.1, -0.05) is 83.3 Å². The van der Waals surface area contributed by atoms with Gasteiger partial charge in [0, 0.05) is 5.56 Å². The summed E-state index contributed by atoms with van der Waals surface area (Å²) in [6.07, 6.45) is 0.164. The van der Waals surface area contributed by atoms with E-state index in [1.807, 2.05) is 0 Å². The monoisotopic (exact) mass is 452 g/mol. The molecule has 0 radical (unpaired) electrons. The van der Waals surface area contributed by atoms with E-state index in [0.717, 1.165) is 0 Å². The number of para-hydroxylation sites is 1. The van der Waals surface area contributed by atoms with E-state index >= 15 is 0 Å². The van der Waals surface area contributed by atoms with E-state index in [1.165, 1.54) is 24.3 Å². The highest BCUT2D eigenvalue weighted by Gasteiger charge is 2.71. The quantitative estimate of drug-likeness (QED) is 0.422. The highest BCUT2D eigenvalue weighted by molar-refractivity contribution is 6.41. The van der Waals surface area contributed by atoms with Gasteiger partial charge in [0.25, 0.3) is 0 Å². The molecule has 0 fully saturated rings. The van der Waals surface area contributed by atoms with Gasteiger partial charge in [-0.3, -0.25) is 4.79 Å². The molecule has 2 aromatic rings. The summed E-state index contributed by atoms with van der Waals surface area (Å²) in [5, 5.41) is 22.7. The van der Waals surface area contributed by atoms with Crippen LogP contribution < -0.4 is 4.74 Å². The van der Waals surface area contributed by atoms with Crippen molar-refractivity contribution in [3.8, 4) is 5.75 Å². The van der Waals surface area contributed by atoms with E-state index in [2.05, 4.69) is 0 Å². The van der Waals surface area contributed by atoms with Gasteiger partial charge in [-0.2, -0.15) is 0 Å². The molecule has 146 valence electrons. The van der Waals surface area contributed by atoms with Crippen LogP contribution in [0.4, 0.5) is 0 Å². The normalized spacial score (nSPS) is 20.4. The molecule has 0 heterocycles. The minimum atomic E-state index is -3.21. The third-order valence-corrected chi connectivity index (χ3v) is 6.27. The number of hydrogen-bond acceptors (Lipinski definition) is 5. The van der Waals surface area contributed by atoms with Crippen LogP contribution in [0, 0.1) is 0 Å². The number of carbonyl (C=O) groups is 1. The molecule has 0 aliphatic carbocycles. The van der Waals surface area contributed by atoms with Gasteiger partial charge in [0.15, 0.2) is 11.3 Å². The maximum Gasteiger partial charge on any atom is 0.237 e. The highest BCUT2D eigenvalue weighted by Crippen LogP contribution is 2.52. The Hall–Kier alpha value is -1.05. The van der Waals surface area contributed by atoms with Crippen molar-refractivity contribution in [1.82, 2.24) is 0 Å². The lowest BCUT2D eigenvalue weighted by molar-refractivity contribution is -0.194. The Labute approximate surface area is 176 Å². The lowest BCUT2D eigenvalue weighted by Gasteiger charge is -2.48. The Morgan fingerprint density at radius 2 is 1.33 bits per heavy atom. The summed E-state index contributed by atoms with van der Waals surface area (Å²) in [6.45, 7) is 0. The van der Waals surface area contributed by atoms with Crippen molar-refractivity contribution in [3.63, 3.8) is 0 Å². The lowest BCUT2D eigenvalue weighted by atomic mass is 9.83. The molecule has 0 amide bonds. The van der Waals surface area contributed by atoms with Gasteiger partial charge in [-0.05, 0) is 12.1 Å². The van der Waals surface area contributed by atoms with Crippen LogP contribution in [0.25, 0.3) is 0 Å². The smallest absolute Gasteiger partial charge is 0.237 e. The zero-order chi connectivity index (χ0) is 20.3. The summed E-state index contributed by atoms with van der Waals surface area (Å²) < 4.78 is 5.72. The Morgan fingerprint density at radius 3 is 1.78 bits per heavy atom. The molecule has 0 unspecified atom stereocenters. The van der Waals surface area contributed by atoms with Crippen LogP contribution in [0.15, 0.2) is 60.7 Å². The topological polar surface area (TPSA) is 87.0 Å². The third kappa shape index (κ3) is 3.78. The zero-order valence-electron chi connectivity index (χ0n) is 13.7. The molecule has 0 aliphatic heterocycles. The Balaban J connectivity index is 2.73. The molecule has 4 atom stereocenters. The molecular weight excluding hydrogens is 438 g/mol. The highest BCUT2D eigenvalue weighted by atomic mass is 35.5. The van der Waals surface area contributed by atoms with E-state index in [0.29, 0.717) is 0 Å². The average molecular weight is 454 g/mol. The molecular formula is C18H16Cl4O5. The van der Waals surface area contributed by atoms with Crippen molar-refractivity contribution in [2.45, 2.75) is 20.8 Å². The van der Waals surface area contributed by atoms with Gasteiger partial charge in [-0.15, -0.1) is 11.6 Å². The fourth-order valence-corrected chi connectivity index (χ4v) is 3.44. The van der Waals surface area contributed by atoms with Crippen molar-refractivity contribution in [2.24, 2.45) is 0 Å². The van der Waals surface area contributed by atoms with E-state index in [9.17, 15) is 20.1 Å². The van der Waals surface area contributed by atoms with Gasteiger partial charge in [0.05, 0.1) is 5.88 Å². The molecule has 0 aromatic heterocycles. The maximum absolute atomic E-state index is 12.2. The first-order valence-electron chi connectivity index (χ1n) is 7.61. The summed E-state index contributed by atoms with van der Waals surface area (Å²) in [6, 6.07) is 15.5. The number of ether oxygens (including phenoxy) is 1. The fourth-order valence-electron chi connectivity index (χ4n) is 2.44. The van der Waals surface area contributed by atoms with E-state index in [-0.39, 0.29) is 17.6 Å². The number of hydrogen-bond donors (Lipinski definition) is 3. The molecule has 3 N–H and O–H groups in total. The van der Waals surface area contributed by atoms with Crippen LogP contribution in [0.2, 0.25) is 0 Å².